The van der Waals surface area contributed by atoms with E-state index in [-0.39, 0.29) is 18.4 Å². The first-order chi connectivity index (χ1) is 16.6. The van der Waals surface area contributed by atoms with Crippen LogP contribution in [0.1, 0.15) is 40.7 Å². The average molecular weight is 460 g/mol. The van der Waals surface area contributed by atoms with E-state index < -0.39 is 5.97 Å². The first-order valence-corrected chi connectivity index (χ1v) is 11.6. The quantitative estimate of drug-likeness (QED) is 0.489. The molecule has 0 atom stereocenters. The van der Waals surface area contributed by atoms with Crippen molar-refractivity contribution in [1.29, 1.82) is 0 Å². The fourth-order valence-electron chi connectivity index (χ4n) is 4.09. The molecule has 1 aliphatic heterocycles. The predicted molar refractivity (Wildman–Crippen MR) is 129 cm³/mol. The van der Waals surface area contributed by atoms with Gasteiger partial charge in [-0.1, -0.05) is 48.5 Å². The summed E-state index contributed by atoms with van der Waals surface area (Å²) < 4.78 is 11.9. The highest BCUT2D eigenvalue weighted by Gasteiger charge is 2.26. The van der Waals surface area contributed by atoms with Crippen LogP contribution in [0.25, 0.3) is 0 Å². The van der Waals surface area contributed by atoms with Gasteiger partial charge in [0, 0.05) is 37.9 Å². The number of para-hydroxylation sites is 2. The standard InChI is InChI=1S/C28H29NO5/c30-27(31)14-13-22-12-11-21(20-33-23-7-3-1-4-8-23)19-26(22)28(32)29-17-15-25(16-18-29)34-24-9-5-2-6-10-24/h1-12,19,25H,13-18,20H2,(H,30,31). The van der Waals surface area contributed by atoms with Crippen molar-refractivity contribution in [2.24, 2.45) is 0 Å². The van der Waals surface area contributed by atoms with Gasteiger partial charge in [-0.25, -0.2) is 0 Å². The molecule has 1 heterocycles. The number of aliphatic carboxylic acids is 1. The normalized spacial score (nSPS) is 13.9. The number of benzene rings is 3. The molecule has 1 saturated heterocycles. The van der Waals surface area contributed by atoms with Crippen LogP contribution >= 0.6 is 0 Å². The van der Waals surface area contributed by atoms with E-state index in [1.165, 1.54) is 0 Å². The monoisotopic (exact) mass is 459 g/mol. The Bertz CT molecular complexity index is 1090. The summed E-state index contributed by atoms with van der Waals surface area (Å²) in [6, 6.07) is 24.8. The fourth-order valence-corrected chi connectivity index (χ4v) is 4.09. The molecule has 3 aromatic rings. The van der Waals surface area contributed by atoms with Crippen molar-refractivity contribution in [3.63, 3.8) is 0 Å². The summed E-state index contributed by atoms with van der Waals surface area (Å²) in [5, 5.41) is 9.14. The number of piperidine rings is 1. The second kappa shape index (κ2) is 11.4. The van der Waals surface area contributed by atoms with E-state index in [1.54, 1.807) is 0 Å². The van der Waals surface area contributed by atoms with Crippen LogP contribution < -0.4 is 9.47 Å². The van der Waals surface area contributed by atoms with Crippen molar-refractivity contribution in [3.05, 3.63) is 95.6 Å². The summed E-state index contributed by atoms with van der Waals surface area (Å²) in [4.78, 5) is 26.4. The van der Waals surface area contributed by atoms with E-state index in [0.717, 1.165) is 35.5 Å². The first kappa shape index (κ1) is 23.4. The minimum absolute atomic E-state index is 0.0207. The molecule has 1 amide bonds. The molecule has 0 bridgehead atoms. The van der Waals surface area contributed by atoms with Crippen LogP contribution in [0.3, 0.4) is 0 Å². The summed E-state index contributed by atoms with van der Waals surface area (Å²) in [5.74, 6) is 0.647. The van der Waals surface area contributed by atoms with Crippen molar-refractivity contribution in [2.75, 3.05) is 13.1 Å². The Balaban J connectivity index is 1.44. The van der Waals surface area contributed by atoms with Crippen molar-refractivity contribution in [2.45, 2.75) is 38.4 Å². The van der Waals surface area contributed by atoms with Gasteiger partial charge in [0.25, 0.3) is 5.91 Å². The number of carboxylic acids is 1. The lowest BCUT2D eigenvalue weighted by atomic mass is 9.98. The number of carboxylic acid groups (broad SMARTS) is 1. The van der Waals surface area contributed by atoms with E-state index in [0.29, 0.717) is 31.7 Å². The summed E-state index contributed by atoms with van der Waals surface area (Å²) >= 11 is 0. The molecule has 176 valence electrons. The van der Waals surface area contributed by atoms with Gasteiger partial charge in [0.1, 0.15) is 24.2 Å². The van der Waals surface area contributed by atoms with Gasteiger partial charge in [0.05, 0.1) is 0 Å². The van der Waals surface area contributed by atoms with Crippen LogP contribution in [-0.2, 0) is 17.8 Å². The molecule has 4 rings (SSSR count). The molecule has 1 fully saturated rings. The highest BCUT2D eigenvalue weighted by molar-refractivity contribution is 5.96. The Labute approximate surface area is 199 Å². The molecule has 0 aromatic heterocycles. The van der Waals surface area contributed by atoms with Gasteiger partial charge in [-0.15, -0.1) is 0 Å². The highest BCUT2D eigenvalue weighted by Crippen LogP contribution is 2.23. The van der Waals surface area contributed by atoms with Gasteiger partial charge >= 0.3 is 5.97 Å². The van der Waals surface area contributed by atoms with Crippen LogP contribution in [0, 0.1) is 0 Å². The molecule has 6 heteroatoms. The van der Waals surface area contributed by atoms with Crippen LogP contribution in [0.4, 0.5) is 0 Å². The van der Waals surface area contributed by atoms with E-state index in [2.05, 4.69) is 0 Å². The predicted octanol–water partition coefficient (Wildman–Crippen LogP) is 4.97. The number of rotatable bonds is 9. The molecule has 3 aromatic carbocycles. The molecule has 1 N–H and O–H groups in total. The van der Waals surface area contributed by atoms with Gasteiger partial charge in [0.2, 0.25) is 0 Å². The molecule has 6 nitrogen and oxygen atoms in total. The first-order valence-electron chi connectivity index (χ1n) is 11.6. The topological polar surface area (TPSA) is 76.1 Å². The number of carbonyl (C=O) groups is 2. The van der Waals surface area contributed by atoms with Crippen LogP contribution in [-0.4, -0.2) is 41.1 Å². The number of nitrogens with zero attached hydrogens (tertiary/aromatic N) is 1. The lowest BCUT2D eigenvalue weighted by Crippen LogP contribution is -2.42. The SMILES string of the molecule is O=C(O)CCc1ccc(COc2ccccc2)cc1C(=O)N1CCC(Oc2ccccc2)CC1. The number of likely N-dealkylation sites (tertiary alicyclic amines) is 1. The maximum absolute atomic E-state index is 13.5. The summed E-state index contributed by atoms with van der Waals surface area (Å²) in [7, 11) is 0. The van der Waals surface area contributed by atoms with E-state index in [1.807, 2.05) is 83.8 Å². The van der Waals surface area contributed by atoms with Crippen LogP contribution in [0.2, 0.25) is 0 Å². The zero-order valence-corrected chi connectivity index (χ0v) is 19.1. The summed E-state index contributed by atoms with van der Waals surface area (Å²) in [5.41, 5.74) is 2.17. The van der Waals surface area contributed by atoms with E-state index >= 15 is 0 Å². The second-order valence-corrected chi connectivity index (χ2v) is 8.41. The molecule has 0 aliphatic carbocycles. The Morgan fingerprint density at radius 2 is 1.53 bits per heavy atom. The third-order valence-corrected chi connectivity index (χ3v) is 5.94. The molecular formula is C28H29NO5. The third kappa shape index (κ3) is 6.38. The molecular weight excluding hydrogens is 430 g/mol. The van der Waals surface area contributed by atoms with Gasteiger partial charge < -0.3 is 19.5 Å². The highest BCUT2D eigenvalue weighted by atomic mass is 16.5. The molecule has 1 aliphatic rings. The zero-order valence-electron chi connectivity index (χ0n) is 19.1. The van der Waals surface area contributed by atoms with Crippen LogP contribution in [0.5, 0.6) is 11.5 Å². The third-order valence-electron chi connectivity index (χ3n) is 5.94. The van der Waals surface area contributed by atoms with Crippen molar-refractivity contribution < 1.29 is 24.2 Å². The molecule has 0 saturated carbocycles. The number of carbonyl (C=O) groups excluding carboxylic acids is 1. The van der Waals surface area contributed by atoms with Gasteiger partial charge in [-0.2, -0.15) is 0 Å². The lowest BCUT2D eigenvalue weighted by Gasteiger charge is -2.32. The molecule has 34 heavy (non-hydrogen) atoms. The number of amides is 1. The maximum Gasteiger partial charge on any atom is 0.303 e. The minimum atomic E-state index is -0.881. The minimum Gasteiger partial charge on any atom is -0.490 e. The average Bonchev–Trinajstić information content (AvgIpc) is 2.87. The fraction of sp³-hybridized carbons (Fsp3) is 0.286. The number of ether oxygens (including phenoxy) is 2. The van der Waals surface area contributed by atoms with Crippen molar-refractivity contribution >= 4 is 11.9 Å². The molecule has 0 unspecified atom stereocenters. The lowest BCUT2D eigenvalue weighted by molar-refractivity contribution is -0.136. The Morgan fingerprint density at radius 3 is 2.18 bits per heavy atom. The second-order valence-electron chi connectivity index (χ2n) is 8.41. The largest absolute Gasteiger partial charge is 0.490 e. The number of aryl methyl sites for hydroxylation is 1. The summed E-state index contributed by atoms with van der Waals surface area (Å²) in [6.07, 6.45) is 1.87. The summed E-state index contributed by atoms with van der Waals surface area (Å²) in [6.45, 7) is 1.52. The van der Waals surface area contributed by atoms with Gasteiger partial charge in [-0.3, -0.25) is 9.59 Å². The van der Waals surface area contributed by atoms with Crippen molar-refractivity contribution in [1.82, 2.24) is 4.90 Å². The molecule has 0 spiro atoms. The van der Waals surface area contributed by atoms with Crippen LogP contribution in [0.15, 0.2) is 78.9 Å². The van der Waals surface area contributed by atoms with E-state index in [9.17, 15) is 9.59 Å². The Morgan fingerprint density at radius 1 is 0.882 bits per heavy atom. The molecule has 0 radical (unpaired) electrons. The smallest absolute Gasteiger partial charge is 0.303 e. The van der Waals surface area contributed by atoms with Crippen molar-refractivity contribution in [3.8, 4) is 11.5 Å². The zero-order chi connectivity index (χ0) is 23.8. The number of hydrogen-bond donors (Lipinski definition) is 1. The van der Waals surface area contributed by atoms with Gasteiger partial charge in [-0.05, 0) is 47.9 Å². The number of hydrogen-bond acceptors (Lipinski definition) is 4. The van der Waals surface area contributed by atoms with E-state index in [4.69, 9.17) is 14.6 Å². The Hall–Kier alpha value is -3.80. The van der Waals surface area contributed by atoms with Gasteiger partial charge in [0.15, 0.2) is 0 Å². The Kier molecular flexibility index (Phi) is 7.81. The maximum atomic E-state index is 13.5.